The Kier molecular flexibility index (Phi) is 6.22. The van der Waals surface area contributed by atoms with Gasteiger partial charge in [-0.1, -0.05) is 6.92 Å². The Labute approximate surface area is 119 Å². The maximum atomic E-state index is 12.2. The molecular weight excluding hydrogens is 342 g/mol. The quantitative estimate of drug-likeness (QED) is 0.778. The number of methoxy groups -OCH3 is 1. The highest BCUT2D eigenvalue weighted by molar-refractivity contribution is 9.11. The second kappa shape index (κ2) is 6.97. The molecule has 1 aromatic rings. The molecule has 2 N–H and O–H groups in total. The lowest BCUT2D eigenvalue weighted by Gasteiger charge is -2.15. The number of halogens is 1. The van der Waals surface area contributed by atoms with E-state index in [-0.39, 0.29) is 17.5 Å². The van der Waals surface area contributed by atoms with E-state index in [1.165, 1.54) is 24.5 Å². The topological polar surface area (TPSA) is 75.6 Å². The Balaban J connectivity index is 2.94. The minimum atomic E-state index is -3.59. The van der Waals surface area contributed by atoms with Crippen LogP contribution < -0.4 is 4.72 Å². The predicted octanol–water partition coefficient (Wildman–Crippen LogP) is 1.71. The predicted molar refractivity (Wildman–Crippen MR) is 74.2 cm³/mol. The summed E-state index contributed by atoms with van der Waals surface area (Å²) in [6.45, 7) is 2.03. The van der Waals surface area contributed by atoms with Crippen LogP contribution in [-0.4, -0.2) is 33.3 Å². The zero-order valence-corrected chi connectivity index (χ0v) is 13.4. The van der Waals surface area contributed by atoms with Gasteiger partial charge in [0.1, 0.15) is 4.90 Å². The molecule has 5 nitrogen and oxygen atoms in total. The van der Waals surface area contributed by atoms with E-state index >= 15 is 0 Å². The van der Waals surface area contributed by atoms with Crippen molar-refractivity contribution in [3.63, 3.8) is 0 Å². The van der Waals surface area contributed by atoms with Crippen LogP contribution in [-0.2, 0) is 21.4 Å². The van der Waals surface area contributed by atoms with Crippen molar-refractivity contribution >= 4 is 37.3 Å². The highest BCUT2D eigenvalue weighted by Gasteiger charge is 2.23. The maximum Gasteiger partial charge on any atom is 0.242 e. The molecule has 1 atom stereocenters. The van der Waals surface area contributed by atoms with Crippen LogP contribution in [0.5, 0.6) is 0 Å². The molecule has 0 aliphatic rings. The molecule has 104 valence electrons. The number of ether oxygens (including phenoxy) is 1. The molecular formula is C10H16BrNO4S2. The van der Waals surface area contributed by atoms with E-state index in [2.05, 4.69) is 20.7 Å². The van der Waals surface area contributed by atoms with Crippen molar-refractivity contribution in [2.24, 2.45) is 0 Å². The molecule has 0 aromatic carbocycles. The molecule has 0 aliphatic carbocycles. The van der Waals surface area contributed by atoms with Crippen LogP contribution in [0.15, 0.2) is 14.7 Å². The van der Waals surface area contributed by atoms with E-state index < -0.39 is 10.0 Å². The minimum absolute atomic E-state index is 0.158. The molecule has 0 aliphatic heterocycles. The zero-order valence-electron chi connectivity index (χ0n) is 10.1. The van der Waals surface area contributed by atoms with Gasteiger partial charge in [-0.3, -0.25) is 0 Å². The largest absolute Gasteiger partial charge is 0.391 e. The molecule has 18 heavy (non-hydrogen) atoms. The molecule has 8 heteroatoms. The second-order valence-electron chi connectivity index (χ2n) is 3.69. The van der Waals surface area contributed by atoms with Crippen molar-refractivity contribution in [2.75, 3.05) is 13.7 Å². The molecule has 0 saturated carbocycles. The van der Waals surface area contributed by atoms with Gasteiger partial charge in [0.15, 0.2) is 0 Å². The van der Waals surface area contributed by atoms with Gasteiger partial charge < -0.3 is 9.84 Å². The molecule has 0 bridgehead atoms. The van der Waals surface area contributed by atoms with Crippen LogP contribution in [0.1, 0.15) is 18.2 Å². The first kappa shape index (κ1) is 16.1. The van der Waals surface area contributed by atoms with Gasteiger partial charge in [0.25, 0.3) is 0 Å². The summed E-state index contributed by atoms with van der Waals surface area (Å²) in [7, 11) is -2.06. The summed E-state index contributed by atoms with van der Waals surface area (Å²) < 4.78 is 32.3. The van der Waals surface area contributed by atoms with Crippen molar-refractivity contribution in [3.05, 3.63) is 14.7 Å². The lowest BCUT2D eigenvalue weighted by Crippen LogP contribution is -2.37. The second-order valence-corrected chi connectivity index (χ2v) is 7.83. The van der Waals surface area contributed by atoms with Crippen molar-refractivity contribution in [2.45, 2.75) is 30.9 Å². The van der Waals surface area contributed by atoms with Crippen LogP contribution in [0.3, 0.4) is 0 Å². The Morgan fingerprint density at radius 2 is 2.28 bits per heavy atom. The van der Waals surface area contributed by atoms with Gasteiger partial charge in [-0.25, -0.2) is 13.1 Å². The fourth-order valence-electron chi connectivity index (χ4n) is 1.38. The lowest BCUT2D eigenvalue weighted by molar-refractivity contribution is 0.173. The van der Waals surface area contributed by atoms with Crippen LogP contribution in [0.4, 0.5) is 0 Å². The normalized spacial score (nSPS) is 13.8. The standard InChI is InChI=1S/C10H16BrNO4S2/c1-3-7(6-16-2)12-18(14,15)9-4-8(5-13)17-10(9)11/h4,7,12-13H,3,5-6H2,1-2H3. The molecule has 1 unspecified atom stereocenters. The summed E-state index contributed by atoms with van der Waals surface area (Å²) in [6, 6.07) is 1.21. The SMILES string of the molecule is CCC(COC)NS(=O)(=O)c1cc(CO)sc1Br. The van der Waals surface area contributed by atoms with E-state index in [4.69, 9.17) is 9.84 Å². The number of aliphatic hydroxyl groups excluding tert-OH is 1. The summed E-state index contributed by atoms with van der Waals surface area (Å²) in [5.41, 5.74) is 0. The van der Waals surface area contributed by atoms with Crippen LogP contribution in [0.2, 0.25) is 0 Å². The van der Waals surface area contributed by atoms with E-state index in [0.717, 1.165) is 0 Å². The number of nitrogens with one attached hydrogen (secondary N) is 1. The molecule has 1 aromatic heterocycles. The molecule has 0 radical (unpaired) electrons. The number of hydrogen-bond acceptors (Lipinski definition) is 5. The van der Waals surface area contributed by atoms with Crippen LogP contribution in [0, 0.1) is 0 Å². The van der Waals surface area contributed by atoms with Crippen molar-refractivity contribution in [3.8, 4) is 0 Å². The Morgan fingerprint density at radius 3 is 2.72 bits per heavy atom. The highest BCUT2D eigenvalue weighted by Crippen LogP contribution is 2.31. The third-order valence-electron chi connectivity index (χ3n) is 2.33. The van der Waals surface area contributed by atoms with E-state index in [1.807, 2.05) is 6.92 Å². The van der Waals surface area contributed by atoms with Gasteiger partial charge >= 0.3 is 0 Å². The summed E-state index contributed by atoms with van der Waals surface area (Å²) in [5.74, 6) is 0. The first-order chi connectivity index (χ1) is 8.44. The van der Waals surface area contributed by atoms with Gasteiger partial charge in [-0.2, -0.15) is 0 Å². The number of rotatable bonds is 7. The maximum absolute atomic E-state index is 12.2. The third kappa shape index (κ3) is 4.01. The summed E-state index contributed by atoms with van der Waals surface area (Å²) >= 11 is 4.41. The Morgan fingerprint density at radius 1 is 1.61 bits per heavy atom. The van der Waals surface area contributed by atoms with E-state index in [9.17, 15) is 8.42 Å². The fraction of sp³-hybridized carbons (Fsp3) is 0.600. The molecule has 1 rings (SSSR count). The third-order valence-corrected chi connectivity index (χ3v) is 6.09. The molecule has 0 amide bonds. The van der Waals surface area contributed by atoms with Gasteiger partial charge in [-0.15, -0.1) is 11.3 Å². The Bertz CT molecular complexity index is 486. The summed E-state index contributed by atoms with van der Waals surface area (Å²) in [5, 5.41) is 9.01. The number of hydrogen-bond donors (Lipinski definition) is 2. The number of aliphatic hydroxyl groups is 1. The average molecular weight is 358 g/mol. The number of thiophene rings is 1. The van der Waals surface area contributed by atoms with Crippen LogP contribution in [0.25, 0.3) is 0 Å². The molecule has 0 spiro atoms. The van der Waals surface area contributed by atoms with Gasteiger partial charge in [-0.05, 0) is 28.4 Å². The summed E-state index contributed by atoms with van der Waals surface area (Å²) in [4.78, 5) is 0.758. The molecule has 0 fully saturated rings. The highest BCUT2D eigenvalue weighted by atomic mass is 79.9. The number of sulfonamides is 1. The van der Waals surface area contributed by atoms with Gasteiger partial charge in [0.2, 0.25) is 10.0 Å². The fourth-order valence-corrected chi connectivity index (χ4v) is 5.22. The monoisotopic (exact) mass is 357 g/mol. The molecule has 0 saturated heterocycles. The van der Waals surface area contributed by atoms with E-state index in [0.29, 0.717) is 21.7 Å². The smallest absolute Gasteiger partial charge is 0.242 e. The zero-order chi connectivity index (χ0) is 13.8. The first-order valence-corrected chi connectivity index (χ1v) is 8.44. The van der Waals surface area contributed by atoms with E-state index in [1.54, 1.807) is 0 Å². The van der Waals surface area contributed by atoms with Crippen molar-refractivity contribution < 1.29 is 18.3 Å². The summed E-state index contributed by atoms with van der Waals surface area (Å²) in [6.07, 6.45) is 0.641. The lowest BCUT2D eigenvalue weighted by atomic mass is 10.3. The van der Waals surface area contributed by atoms with Gasteiger partial charge in [0, 0.05) is 18.0 Å². The first-order valence-electron chi connectivity index (χ1n) is 5.35. The Hall–Kier alpha value is 0.01000. The van der Waals surface area contributed by atoms with Crippen molar-refractivity contribution in [1.29, 1.82) is 0 Å². The molecule has 1 heterocycles. The van der Waals surface area contributed by atoms with Gasteiger partial charge in [0.05, 0.1) is 17.0 Å². The minimum Gasteiger partial charge on any atom is -0.391 e. The van der Waals surface area contributed by atoms with Crippen LogP contribution >= 0.6 is 27.3 Å². The average Bonchev–Trinajstić information content (AvgIpc) is 2.70. The van der Waals surface area contributed by atoms with Crippen molar-refractivity contribution in [1.82, 2.24) is 4.72 Å².